The molecule has 0 spiro atoms. The molecule has 102 valence electrons. The van der Waals surface area contributed by atoms with Gasteiger partial charge < -0.3 is 20.6 Å². The Balaban J connectivity index is 2.46. The number of carbonyl (C=O) groups excluding carboxylic acids is 2. The highest BCUT2D eigenvalue weighted by atomic mass is 16.4. The van der Waals surface area contributed by atoms with Crippen LogP contribution in [0.3, 0.4) is 0 Å². The fourth-order valence-corrected chi connectivity index (χ4v) is 1.74. The van der Waals surface area contributed by atoms with E-state index in [1.807, 2.05) is 0 Å². The van der Waals surface area contributed by atoms with Gasteiger partial charge in [0.2, 0.25) is 5.91 Å². The lowest BCUT2D eigenvalue weighted by atomic mass is 10.2. The third kappa shape index (κ3) is 3.90. The fraction of sp³-hybridized carbons (Fsp3) is 0.727. The number of aliphatic carboxylic acids is 1. The van der Waals surface area contributed by atoms with Gasteiger partial charge in [-0.05, 0) is 6.92 Å². The van der Waals surface area contributed by atoms with E-state index in [0.29, 0.717) is 13.1 Å². The number of carboxylic acid groups (broad SMARTS) is 1. The molecule has 3 N–H and O–H groups in total. The van der Waals surface area contributed by atoms with E-state index in [2.05, 4.69) is 10.6 Å². The first-order valence-electron chi connectivity index (χ1n) is 5.99. The van der Waals surface area contributed by atoms with Crippen LogP contribution in [0.2, 0.25) is 0 Å². The molecule has 0 aliphatic carbocycles. The Labute approximate surface area is 106 Å². The van der Waals surface area contributed by atoms with Gasteiger partial charge in [-0.3, -0.25) is 9.59 Å². The summed E-state index contributed by atoms with van der Waals surface area (Å²) in [6.45, 7) is 4.35. The highest BCUT2D eigenvalue weighted by molar-refractivity contribution is 5.81. The number of carbonyl (C=O) groups is 3. The number of urea groups is 1. The molecule has 1 heterocycles. The zero-order valence-corrected chi connectivity index (χ0v) is 10.6. The van der Waals surface area contributed by atoms with Crippen molar-refractivity contribution in [2.24, 2.45) is 5.92 Å². The largest absolute Gasteiger partial charge is 0.481 e. The third-order valence-corrected chi connectivity index (χ3v) is 2.89. The molecule has 18 heavy (non-hydrogen) atoms. The van der Waals surface area contributed by atoms with Crippen molar-refractivity contribution in [1.82, 2.24) is 15.5 Å². The third-order valence-electron chi connectivity index (χ3n) is 2.89. The lowest BCUT2D eigenvalue weighted by Crippen LogP contribution is -2.47. The van der Waals surface area contributed by atoms with Crippen molar-refractivity contribution in [2.45, 2.75) is 26.3 Å². The molecule has 2 atom stereocenters. The fourth-order valence-electron chi connectivity index (χ4n) is 1.74. The van der Waals surface area contributed by atoms with Gasteiger partial charge in [0.1, 0.15) is 0 Å². The first kappa shape index (κ1) is 14.3. The minimum Gasteiger partial charge on any atom is -0.481 e. The van der Waals surface area contributed by atoms with Crippen LogP contribution in [0, 0.1) is 5.92 Å². The predicted octanol–water partition coefficient (Wildman–Crippen LogP) is -0.373. The van der Waals surface area contributed by atoms with Crippen molar-refractivity contribution < 1.29 is 19.5 Å². The van der Waals surface area contributed by atoms with E-state index >= 15 is 0 Å². The standard InChI is InChI=1S/C11H19N3O4/c1-3-14(6-7(2)10(16)17)11(18)13-8-4-9(15)12-5-8/h7-8H,3-6H2,1-2H3,(H,12,15)(H,13,18)(H,16,17). The number of hydrogen-bond acceptors (Lipinski definition) is 3. The van der Waals surface area contributed by atoms with Crippen LogP contribution in [-0.4, -0.2) is 53.6 Å². The quantitative estimate of drug-likeness (QED) is 0.625. The minimum absolute atomic E-state index is 0.0812. The normalized spacial score (nSPS) is 20.1. The number of hydrogen-bond donors (Lipinski definition) is 3. The Bertz CT molecular complexity index is 345. The predicted molar refractivity (Wildman–Crippen MR) is 64.0 cm³/mol. The van der Waals surface area contributed by atoms with Crippen LogP contribution in [0.25, 0.3) is 0 Å². The van der Waals surface area contributed by atoms with Crippen LogP contribution in [0.5, 0.6) is 0 Å². The van der Waals surface area contributed by atoms with Gasteiger partial charge in [0, 0.05) is 26.1 Å². The lowest BCUT2D eigenvalue weighted by molar-refractivity contribution is -0.141. The lowest BCUT2D eigenvalue weighted by Gasteiger charge is -2.24. The van der Waals surface area contributed by atoms with E-state index in [1.165, 1.54) is 4.90 Å². The number of rotatable bonds is 5. The molecule has 3 amide bonds. The maximum absolute atomic E-state index is 11.9. The van der Waals surface area contributed by atoms with Crippen molar-refractivity contribution in [1.29, 1.82) is 0 Å². The second kappa shape index (κ2) is 6.23. The molecule has 1 aliphatic heterocycles. The summed E-state index contributed by atoms with van der Waals surface area (Å²) in [5.74, 6) is -1.62. The summed E-state index contributed by atoms with van der Waals surface area (Å²) in [5.41, 5.74) is 0. The van der Waals surface area contributed by atoms with Crippen molar-refractivity contribution in [2.75, 3.05) is 19.6 Å². The maximum Gasteiger partial charge on any atom is 0.317 e. The summed E-state index contributed by atoms with van der Waals surface area (Å²) < 4.78 is 0. The zero-order valence-electron chi connectivity index (χ0n) is 10.6. The van der Waals surface area contributed by atoms with Gasteiger partial charge in [0.05, 0.1) is 12.0 Å². The van der Waals surface area contributed by atoms with Crippen LogP contribution in [0.15, 0.2) is 0 Å². The van der Waals surface area contributed by atoms with Gasteiger partial charge in [-0.15, -0.1) is 0 Å². The van der Waals surface area contributed by atoms with Gasteiger partial charge >= 0.3 is 12.0 Å². The van der Waals surface area contributed by atoms with Gasteiger partial charge in [-0.2, -0.15) is 0 Å². The second-order valence-corrected chi connectivity index (χ2v) is 4.43. The highest BCUT2D eigenvalue weighted by Gasteiger charge is 2.26. The van der Waals surface area contributed by atoms with Crippen LogP contribution in [0.4, 0.5) is 4.79 Å². The number of carboxylic acids is 1. The summed E-state index contributed by atoms with van der Waals surface area (Å²) in [7, 11) is 0. The van der Waals surface area contributed by atoms with Crippen molar-refractivity contribution in [3.8, 4) is 0 Å². The zero-order chi connectivity index (χ0) is 13.7. The molecule has 0 radical (unpaired) electrons. The number of nitrogens with one attached hydrogen (secondary N) is 2. The molecular weight excluding hydrogens is 238 g/mol. The number of nitrogens with zero attached hydrogens (tertiary/aromatic N) is 1. The monoisotopic (exact) mass is 257 g/mol. The van der Waals surface area contributed by atoms with E-state index in [4.69, 9.17) is 5.11 Å². The molecule has 1 saturated heterocycles. The molecule has 1 rings (SSSR count). The van der Waals surface area contributed by atoms with E-state index in [1.54, 1.807) is 13.8 Å². The molecule has 1 fully saturated rings. The Hall–Kier alpha value is -1.79. The average Bonchev–Trinajstić information content (AvgIpc) is 2.70. The number of amides is 3. The summed E-state index contributed by atoms with van der Waals surface area (Å²) in [4.78, 5) is 35.0. The van der Waals surface area contributed by atoms with Crippen LogP contribution in [0.1, 0.15) is 20.3 Å². The molecule has 0 bridgehead atoms. The van der Waals surface area contributed by atoms with Crippen LogP contribution < -0.4 is 10.6 Å². The first-order valence-corrected chi connectivity index (χ1v) is 5.99. The molecule has 7 nitrogen and oxygen atoms in total. The Morgan fingerprint density at radius 1 is 1.61 bits per heavy atom. The van der Waals surface area contributed by atoms with Crippen molar-refractivity contribution in [3.63, 3.8) is 0 Å². The van der Waals surface area contributed by atoms with Gasteiger partial charge in [0.25, 0.3) is 0 Å². The van der Waals surface area contributed by atoms with Gasteiger partial charge in [-0.25, -0.2) is 4.79 Å². The Morgan fingerprint density at radius 3 is 2.72 bits per heavy atom. The SMILES string of the molecule is CCN(CC(C)C(=O)O)C(=O)NC1CNC(=O)C1. The van der Waals surface area contributed by atoms with E-state index in [0.717, 1.165) is 0 Å². The molecule has 0 saturated carbocycles. The summed E-state index contributed by atoms with van der Waals surface area (Å²) >= 11 is 0. The van der Waals surface area contributed by atoms with Crippen LogP contribution >= 0.6 is 0 Å². The highest BCUT2D eigenvalue weighted by Crippen LogP contribution is 2.04. The molecule has 2 unspecified atom stereocenters. The molecular formula is C11H19N3O4. The van der Waals surface area contributed by atoms with Crippen molar-refractivity contribution >= 4 is 17.9 Å². The Kier molecular flexibility index (Phi) is 4.94. The molecule has 0 aromatic carbocycles. The molecule has 0 aromatic rings. The molecule has 1 aliphatic rings. The smallest absolute Gasteiger partial charge is 0.317 e. The van der Waals surface area contributed by atoms with E-state index in [-0.39, 0.29) is 30.9 Å². The first-order chi connectivity index (χ1) is 8.43. The Morgan fingerprint density at radius 2 is 2.28 bits per heavy atom. The maximum atomic E-state index is 11.9. The van der Waals surface area contributed by atoms with Gasteiger partial charge in [0.15, 0.2) is 0 Å². The van der Waals surface area contributed by atoms with Crippen molar-refractivity contribution in [3.05, 3.63) is 0 Å². The minimum atomic E-state index is -0.932. The van der Waals surface area contributed by atoms with Crippen LogP contribution in [-0.2, 0) is 9.59 Å². The average molecular weight is 257 g/mol. The molecule has 7 heteroatoms. The molecule has 0 aromatic heterocycles. The van der Waals surface area contributed by atoms with E-state index < -0.39 is 11.9 Å². The van der Waals surface area contributed by atoms with Gasteiger partial charge in [-0.1, -0.05) is 6.92 Å². The van der Waals surface area contributed by atoms with E-state index in [9.17, 15) is 14.4 Å². The summed E-state index contributed by atoms with van der Waals surface area (Å²) in [6.07, 6.45) is 0.276. The summed E-state index contributed by atoms with van der Waals surface area (Å²) in [6, 6.07) is -0.536. The summed E-state index contributed by atoms with van der Waals surface area (Å²) in [5, 5.41) is 14.2. The second-order valence-electron chi connectivity index (χ2n) is 4.43. The topological polar surface area (TPSA) is 98.7 Å².